The summed E-state index contributed by atoms with van der Waals surface area (Å²) in [7, 11) is -3.44. The third-order valence-electron chi connectivity index (χ3n) is 2.49. The van der Waals surface area contributed by atoms with E-state index in [1.807, 2.05) is 20.8 Å². The molecular weight excluding hydrogens is 224 g/mol. The normalized spacial score (nSPS) is 12.0. The molecule has 4 nitrogen and oxygen atoms in total. The van der Waals surface area contributed by atoms with Crippen LogP contribution in [-0.4, -0.2) is 25.8 Å². The van der Waals surface area contributed by atoms with E-state index >= 15 is 0 Å². The minimum atomic E-state index is -3.44. The third-order valence-corrected chi connectivity index (χ3v) is 4.61. The van der Waals surface area contributed by atoms with E-state index in [2.05, 4.69) is 0 Å². The molecular formula is C11H18N2O2S. The van der Waals surface area contributed by atoms with E-state index in [-0.39, 0.29) is 4.90 Å². The van der Waals surface area contributed by atoms with Gasteiger partial charge < -0.3 is 5.73 Å². The van der Waals surface area contributed by atoms with Crippen LogP contribution < -0.4 is 5.73 Å². The number of hydrogen-bond donors (Lipinski definition) is 1. The molecule has 5 heteroatoms. The van der Waals surface area contributed by atoms with Crippen LogP contribution in [0.25, 0.3) is 0 Å². The van der Waals surface area contributed by atoms with Gasteiger partial charge in [0.1, 0.15) is 4.90 Å². The zero-order valence-electron chi connectivity index (χ0n) is 9.90. The first-order chi connectivity index (χ1) is 7.43. The van der Waals surface area contributed by atoms with Crippen LogP contribution in [0.3, 0.4) is 0 Å². The van der Waals surface area contributed by atoms with Crippen LogP contribution in [0.5, 0.6) is 0 Å². The van der Waals surface area contributed by atoms with Gasteiger partial charge in [0.2, 0.25) is 10.0 Å². The van der Waals surface area contributed by atoms with Gasteiger partial charge in [0.15, 0.2) is 0 Å². The highest BCUT2D eigenvalue weighted by molar-refractivity contribution is 7.89. The molecule has 2 N–H and O–H groups in total. The maximum atomic E-state index is 12.2. The second-order valence-electron chi connectivity index (χ2n) is 3.63. The number of nitrogens with zero attached hydrogens (tertiary/aromatic N) is 1. The highest BCUT2D eigenvalue weighted by Crippen LogP contribution is 2.22. The Morgan fingerprint density at radius 2 is 1.81 bits per heavy atom. The van der Waals surface area contributed by atoms with E-state index in [0.29, 0.717) is 18.8 Å². The fourth-order valence-electron chi connectivity index (χ4n) is 1.61. The fourth-order valence-corrected chi connectivity index (χ4v) is 3.16. The molecule has 1 aromatic rings. The summed E-state index contributed by atoms with van der Waals surface area (Å²) >= 11 is 0. The molecule has 0 heterocycles. The van der Waals surface area contributed by atoms with Crippen molar-refractivity contribution < 1.29 is 8.42 Å². The maximum absolute atomic E-state index is 12.2. The number of aryl methyl sites for hydroxylation is 1. The predicted molar refractivity (Wildman–Crippen MR) is 65.7 cm³/mol. The van der Waals surface area contributed by atoms with Gasteiger partial charge in [0.25, 0.3) is 0 Å². The minimum absolute atomic E-state index is 0.196. The Bertz CT molecular complexity index is 465. The third kappa shape index (κ3) is 2.36. The molecule has 0 radical (unpaired) electrons. The summed E-state index contributed by atoms with van der Waals surface area (Å²) in [5.74, 6) is 0. The van der Waals surface area contributed by atoms with Crippen LogP contribution in [0.15, 0.2) is 23.1 Å². The number of anilines is 1. The molecule has 1 rings (SSSR count). The molecule has 0 bridgehead atoms. The second-order valence-corrected chi connectivity index (χ2v) is 5.54. The predicted octanol–water partition coefficient (Wildman–Crippen LogP) is 1.61. The number of rotatable bonds is 4. The summed E-state index contributed by atoms with van der Waals surface area (Å²) < 4.78 is 25.7. The van der Waals surface area contributed by atoms with Crippen molar-refractivity contribution in [3.8, 4) is 0 Å². The highest BCUT2D eigenvalue weighted by atomic mass is 32.2. The lowest BCUT2D eigenvalue weighted by molar-refractivity contribution is 0.445. The van der Waals surface area contributed by atoms with E-state index in [0.717, 1.165) is 5.56 Å². The van der Waals surface area contributed by atoms with Gasteiger partial charge in [0, 0.05) is 13.1 Å². The quantitative estimate of drug-likeness (QED) is 0.816. The zero-order valence-corrected chi connectivity index (χ0v) is 10.7. The lowest BCUT2D eigenvalue weighted by Gasteiger charge is -2.19. The largest absolute Gasteiger partial charge is 0.398 e. The Balaban J connectivity index is 3.27. The SMILES string of the molecule is CCN(CC)S(=O)(=O)c1ccc(C)cc1N. The fraction of sp³-hybridized carbons (Fsp3) is 0.455. The number of benzene rings is 1. The van der Waals surface area contributed by atoms with Crippen molar-refractivity contribution in [2.24, 2.45) is 0 Å². The molecule has 0 fully saturated rings. The van der Waals surface area contributed by atoms with Gasteiger partial charge in [-0.3, -0.25) is 0 Å². The number of sulfonamides is 1. The van der Waals surface area contributed by atoms with Crippen LogP contribution in [0.1, 0.15) is 19.4 Å². The number of nitrogen functional groups attached to an aromatic ring is 1. The first kappa shape index (κ1) is 13.0. The molecule has 0 aliphatic rings. The van der Waals surface area contributed by atoms with Crippen molar-refractivity contribution in [3.05, 3.63) is 23.8 Å². The van der Waals surface area contributed by atoms with E-state index in [1.54, 1.807) is 18.2 Å². The standard InChI is InChI=1S/C11H18N2O2S/c1-4-13(5-2)16(14,15)11-7-6-9(3)8-10(11)12/h6-8H,4-5,12H2,1-3H3. The van der Waals surface area contributed by atoms with Crippen molar-refractivity contribution in [1.29, 1.82) is 0 Å². The van der Waals surface area contributed by atoms with E-state index in [9.17, 15) is 8.42 Å². The lowest BCUT2D eigenvalue weighted by Crippen LogP contribution is -2.31. The van der Waals surface area contributed by atoms with Crippen LogP contribution in [0.4, 0.5) is 5.69 Å². The Morgan fingerprint density at radius 1 is 1.25 bits per heavy atom. The van der Waals surface area contributed by atoms with Gasteiger partial charge in [-0.1, -0.05) is 19.9 Å². The molecule has 0 saturated heterocycles. The van der Waals surface area contributed by atoms with Crippen molar-refractivity contribution in [1.82, 2.24) is 4.31 Å². The summed E-state index contributed by atoms with van der Waals surface area (Å²) in [5, 5.41) is 0. The molecule has 0 aliphatic carbocycles. The molecule has 16 heavy (non-hydrogen) atoms. The van der Waals surface area contributed by atoms with Gasteiger partial charge >= 0.3 is 0 Å². The average Bonchev–Trinajstić information content (AvgIpc) is 2.18. The summed E-state index contributed by atoms with van der Waals surface area (Å²) in [6.07, 6.45) is 0. The maximum Gasteiger partial charge on any atom is 0.245 e. The summed E-state index contributed by atoms with van der Waals surface area (Å²) in [6.45, 7) is 6.40. The molecule has 0 amide bonds. The summed E-state index contributed by atoms with van der Waals surface area (Å²) in [4.78, 5) is 0.196. The van der Waals surface area contributed by atoms with Crippen molar-refractivity contribution in [2.45, 2.75) is 25.7 Å². The summed E-state index contributed by atoms with van der Waals surface area (Å²) in [6, 6.07) is 5.00. The Hall–Kier alpha value is -1.07. The summed E-state index contributed by atoms with van der Waals surface area (Å²) in [5.41, 5.74) is 7.02. The van der Waals surface area contributed by atoms with Crippen LogP contribution in [0.2, 0.25) is 0 Å². The second kappa shape index (κ2) is 4.84. The molecule has 0 aliphatic heterocycles. The molecule has 0 atom stereocenters. The molecule has 0 unspecified atom stereocenters. The molecule has 0 saturated carbocycles. The van der Waals surface area contributed by atoms with Crippen LogP contribution in [0, 0.1) is 6.92 Å². The van der Waals surface area contributed by atoms with Crippen LogP contribution >= 0.6 is 0 Å². The van der Waals surface area contributed by atoms with Gasteiger partial charge in [0.05, 0.1) is 5.69 Å². The highest BCUT2D eigenvalue weighted by Gasteiger charge is 2.23. The smallest absolute Gasteiger partial charge is 0.245 e. The van der Waals surface area contributed by atoms with Crippen molar-refractivity contribution in [3.63, 3.8) is 0 Å². The monoisotopic (exact) mass is 242 g/mol. The van der Waals surface area contributed by atoms with Gasteiger partial charge in [-0.05, 0) is 24.6 Å². The first-order valence-electron chi connectivity index (χ1n) is 5.29. The molecule has 0 spiro atoms. The Labute approximate surface area is 97.1 Å². The van der Waals surface area contributed by atoms with Gasteiger partial charge in [-0.25, -0.2) is 8.42 Å². The van der Waals surface area contributed by atoms with E-state index in [4.69, 9.17) is 5.73 Å². The zero-order chi connectivity index (χ0) is 12.3. The molecule has 90 valence electrons. The van der Waals surface area contributed by atoms with Crippen molar-refractivity contribution >= 4 is 15.7 Å². The number of hydrogen-bond acceptors (Lipinski definition) is 3. The minimum Gasteiger partial charge on any atom is -0.398 e. The Kier molecular flexibility index (Phi) is 3.93. The molecule has 1 aromatic carbocycles. The topological polar surface area (TPSA) is 63.4 Å². The van der Waals surface area contributed by atoms with Crippen molar-refractivity contribution in [2.75, 3.05) is 18.8 Å². The first-order valence-corrected chi connectivity index (χ1v) is 6.73. The van der Waals surface area contributed by atoms with Crippen LogP contribution in [-0.2, 0) is 10.0 Å². The lowest BCUT2D eigenvalue weighted by atomic mass is 10.2. The Morgan fingerprint density at radius 3 is 2.25 bits per heavy atom. The van der Waals surface area contributed by atoms with E-state index < -0.39 is 10.0 Å². The molecule has 0 aromatic heterocycles. The average molecular weight is 242 g/mol. The van der Waals surface area contributed by atoms with E-state index in [1.165, 1.54) is 4.31 Å². The van der Waals surface area contributed by atoms with Gasteiger partial charge in [-0.15, -0.1) is 0 Å². The van der Waals surface area contributed by atoms with Gasteiger partial charge in [-0.2, -0.15) is 4.31 Å². The number of nitrogens with two attached hydrogens (primary N) is 1.